The van der Waals surface area contributed by atoms with Gasteiger partial charge in [0.1, 0.15) is 18.0 Å². The van der Waals surface area contributed by atoms with Crippen molar-refractivity contribution >= 4 is 22.7 Å². The van der Waals surface area contributed by atoms with Crippen LogP contribution in [0, 0.1) is 0 Å². The minimum atomic E-state index is -0.168. The predicted molar refractivity (Wildman–Crippen MR) is 159 cm³/mol. The molecule has 2 amide bonds. The molecular weight excluding hydrogens is 502 g/mol. The Bertz CT molecular complexity index is 1400. The minimum absolute atomic E-state index is 0.0148. The molecule has 210 valence electrons. The summed E-state index contributed by atoms with van der Waals surface area (Å²) in [5.41, 5.74) is 3.77. The molecule has 0 aliphatic heterocycles. The van der Waals surface area contributed by atoms with E-state index >= 15 is 0 Å². The summed E-state index contributed by atoms with van der Waals surface area (Å²) in [5.74, 6) is 1.17. The smallest absolute Gasteiger partial charge is 0.254 e. The number of para-hydroxylation sites is 1. The molecule has 1 aromatic heterocycles. The van der Waals surface area contributed by atoms with Gasteiger partial charge in [-0.2, -0.15) is 0 Å². The number of hydrogen-bond acceptors (Lipinski definition) is 4. The van der Waals surface area contributed by atoms with E-state index in [2.05, 4.69) is 24.0 Å². The first-order valence-electron chi connectivity index (χ1n) is 14.0. The van der Waals surface area contributed by atoms with Crippen LogP contribution in [0.3, 0.4) is 0 Å². The number of amides is 2. The van der Waals surface area contributed by atoms with Gasteiger partial charge in [0.15, 0.2) is 0 Å². The van der Waals surface area contributed by atoms with E-state index in [9.17, 15) is 9.59 Å². The van der Waals surface area contributed by atoms with Gasteiger partial charge in [0.05, 0.1) is 13.7 Å². The van der Waals surface area contributed by atoms with Crippen LogP contribution in [0.4, 0.5) is 0 Å². The number of aromatic amines is 1. The third-order valence-electron chi connectivity index (χ3n) is 7.00. The summed E-state index contributed by atoms with van der Waals surface area (Å²) < 4.78 is 10.9. The van der Waals surface area contributed by atoms with Crippen molar-refractivity contribution in [1.82, 2.24) is 14.8 Å². The molecular formula is C33H39N3O4. The van der Waals surface area contributed by atoms with Crippen LogP contribution < -0.4 is 9.47 Å². The van der Waals surface area contributed by atoms with Crippen molar-refractivity contribution in [3.8, 4) is 11.5 Å². The third kappa shape index (κ3) is 7.44. The summed E-state index contributed by atoms with van der Waals surface area (Å²) in [6.45, 7) is 6.14. The summed E-state index contributed by atoms with van der Waals surface area (Å²) in [6, 6.07) is 23.1. The summed E-state index contributed by atoms with van der Waals surface area (Å²) in [7, 11) is 1.58. The minimum Gasteiger partial charge on any atom is -0.497 e. The molecule has 1 N–H and O–H groups in total. The van der Waals surface area contributed by atoms with Gasteiger partial charge in [0.25, 0.3) is 5.91 Å². The van der Waals surface area contributed by atoms with Crippen molar-refractivity contribution in [3.05, 3.63) is 95.7 Å². The summed E-state index contributed by atoms with van der Waals surface area (Å²) in [6.07, 6.45) is 4.46. The molecule has 4 aromatic rings. The molecule has 0 spiro atoms. The zero-order valence-corrected chi connectivity index (χ0v) is 23.7. The Morgan fingerprint density at radius 3 is 2.42 bits per heavy atom. The van der Waals surface area contributed by atoms with E-state index < -0.39 is 0 Å². The van der Waals surface area contributed by atoms with Crippen LogP contribution in [0.15, 0.2) is 79.0 Å². The number of unbranched alkanes of at least 4 members (excludes halogenated alkanes) is 1. The van der Waals surface area contributed by atoms with Gasteiger partial charge in [0.2, 0.25) is 5.91 Å². The molecule has 0 aliphatic carbocycles. The lowest BCUT2D eigenvalue weighted by molar-refractivity contribution is -0.132. The van der Waals surface area contributed by atoms with Gasteiger partial charge in [-0.05, 0) is 67.3 Å². The van der Waals surface area contributed by atoms with Crippen molar-refractivity contribution in [2.75, 3.05) is 33.4 Å². The number of hydrogen-bond donors (Lipinski definition) is 1. The maximum absolute atomic E-state index is 13.8. The molecule has 1 heterocycles. The zero-order valence-electron chi connectivity index (χ0n) is 23.7. The fourth-order valence-corrected chi connectivity index (χ4v) is 4.77. The Labute approximate surface area is 236 Å². The Kier molecular flexibility index (Phi) is 10.2. The topological polar surface area (TPSA) is 74.9 Å². The largest absolute Gasteiger partial charge is 0.497 e. The van der Waals surface area contributed by atoms with Gasteiger partial charge in [-0.1, -0.05) is 49.7 Å². The SMILES string of the molecule is CCCCN(CC(=O)N(CCc1c[nH]c2ccccc12)Cc1ccc(OCC)cc1)C(=O)c1cccc(OC)c1. The second kappa shape index (κ2) is 14.2. The highest BCUT2D eigenvalue weighted by molar-refractivity contribution is 5.97. The first-order valence-corrected chi connectivity index (χ1v) is 14.0. The maximum atomic E-state index is 13.8. The number of carbonyl (C=O) groups is 2. The van der Waals surface area contributed by atoms with E-state index in [0.717, 1.165) is 40.6 Å². The van der Waals surface area contributed by atoms with Crippen LogP contribution in [-0.2, 0) is 17.8 Å². The lowest BCUT2D eigenvalue weighted by Gasteiger charge is -2.28. The first kappa shape index (κ1) is 28.7. The van der Waals surface area contributed by atoms with Gasteiger partial charge in [0, 0.05) is 42.3 Å². The monoisotopic (exact) mass is 541 g/mol. The van der Waals surface area contributed by atoms with Gasteiger partial charge in [-0.3, -0.25) is 9.59 Å². The molecule has 0 radical (unpaired) electrons. The van der Waals surface area contributed by atoms with Crippen molar-refractivity contribution in [2.45, 2.75) is 39.7 Å². The van der Waals surface area contributed by atoms with Crippen LogP contribution in [-0.4, -0.2) is 59.9 Å². The van der Waals surface area contributed by atoms with Gasteiger partial charge in [-0.15, -0.1) is 0 Å². The standard InChI is InChI=1S/C33H39N3O4/c1-4-6-19-36(33(38)26-10-9-11-29(21-26)39-3)24-32(37)35(23-25-14-16-28(17-15-25)40-5-2)20-18-27-22-34-31-13-8-7-12-30(27)31/h7-17,21-22,34H,4-6,18-20,23-24H2,1-3H3. The van der Waals surface area contributed by atoms with Crippen molar-refractivity contribution in [2.24, 2.45) is 0 Å². The van der Waals surface area contributed by atoms with E-state index in [0.29, 0.717) is 44.0 Å². The predicted octanol–water partition coefficient (Wildman–Crippen LogP) is 6.09. The van der Waals surface area contributed by atoms with Crippen LogP contribution in [0.5, 0.6) is 11.5 Å². The Morgan fingerprint density at radius 2 is 1.68 bits per heavy atom. The normalized spacial score (nSPS) is 10.9. The highest BCUT2D eigenvalue weighted by Crippen LogP contribution is 2.20. The molecule has 7 nitrogen and oxygen atoms in total. The lowest BCUT2D eigenvalue weighted by Crippen LogP contribution is -2.43. The van der Waals surface area contributed by atoms with Gasteiger partial charge < -0.3 is 24.3 Å². The number of nitrogens with one attached hydrogen (secondary N) is 1. The molecule has 4 rings (SSSR count). The average Bonchev–Trinajstić information content (AvgIpc) is 3.41. The second-order valence-electron chi connectivity index (χ2n) is 9.81. The number of ether oxygens (including phenoxy) is 2. The Morgan fingerprint density at radius 1 is 0.875 bits per heavy atom. The second-order valence-corrected chi connectivity index (χ2v) is 9.81. The van der Waals surface area contributed by atoms with E-state index in [1.54, 1.807) is 30.2 Å². The van der Waals surface area contributed by atoms with Crippen LogP contribution in [0.2, 0.25) is 0 Å². The number of rotatable bonds is 14. The molecule has 0 bridgehead atoms. The molecule has 0 fully saturated rings. The molecule has 7 heteroatoms. The lowest BCUT2D eigenvalue weighted by atomic mass is 10.1. The fourth-order valence-electron chi connectivity index (χ4n) is 4.77. The fraction of sp³-hybridized carbons (Fsp3) is 0.333. The first-order chi connectivity index (χ1) is 19.5. The van der Waals surface area contributed by atoms with E-state index in [1.807, 2.05) is 60.5 Å². The number of methoxy groups -OCH3 is 1. The number of nitrogens with zero attached hydrogens (tertiary/aromatic N) is 2. The summed E-state index contributed by atoms with van der Waals surface area (Å²) in [5, 5.41) is 1.16. The highest BCUT2D eigenvalue weighted by atomic mass is 16.5. The molecule has 0 atom stereocenters. The molecule has 40 heavy (non-hydrogen) atoms. The van der Waals surface area contributed by atoms with Crippen LogP contribution in [0.25, 0.3) is 10.9 Å². The van der Waals surface area contributed by atoms with Crippen molar-refractivity contribution in [1.29, 1.82) is 0 Å². The number of H-pyrrole nitrogens is 1. The van der Waals surface area contributed by atoms with E-state index in [4.69, 9.17) is 9.47 Å². The van der Waals surface area contributed by atoms with Gasteiger partial charge >= 0.3 is 0 Å². The molecule has 3 aromatic carbocycles. The maximum Gasteiger partial charge on any atom is 0.254 e. The van der Waals surface area contributed by atoms with Crippen LogP contribution >= 0.6 is 0 Å². The number of aromatic nitrogens is 1. The summed E-state index contributed by atoms with van der Waals surface area (Å²) in [4.78, 5) is 34.2. The summed E-state index contributed by atoms with van der Waals surface area (Å²) >= 11 is 0. The average molecular weight is 542 g/mol. The van der Waals surface area contributed by atoms with Gasteiger partial charge in [-0.25, -0.2) is 0 Å². The molecule has 0 unspecified atom stereocenters. The number of fused-ring (bicyclic) bond motifs is 1. The van der Waals surface area contributed by atoms with Crippen molar-refractivity contribution < 1.29 is 19.1 Å². The third-order valence-corrected chi connectivity index (χ3v) is 7.00. The molecule has 0 saturated heterocycles. The Hall–Kier alpha value is -4.26. The number of carbonyl (C=O) groups excluding carboxylic acids is 2. The van der Waals surface area contributed by atoms with Crippen molar-refractivity contribution in [3.63, 3.8) is 0 Å². The Balaban J connectivity index is 1.55. The quantitative estimate of drug-likeness (QED) is 0.210. The molecule has 0 aliphatic rings. The molecule has 0 saturated carbocycles. The highest BCUT2D eigenvalue weighted by Gasteiger charge is 2.23. The van der Waals surface area contributed by atoms with Crippen LogP contribution in [0.1, 0.15) is 48.2 Å². The van der Waals surface area contributed by atoms with E-state index in [-0.39, 0.29) is 18.4 Å². The number of benzene rings is 3. The zero-order chi connectivity index (χ0) is 28.3. The van der Waals surface area contributed by atoms with E-state index in [1.165, 1.54) is 0 Å².